The van der Waals surface area contributed by atoms with Crippen molar-refractivity contribution in [3.05, 3.63) is 256 Å². The molecule has 0 aliphatic carbocycles. The van der Waals surface area contributed by atoms with Crippen LogP contribution < -0.4 is 0 Å². The van der Waals surface area contributed by atoms with E-state index in [1.807, 2.05) is 103 Å². The second-order valence-electron chi connectivity index (χ2n) is 18.8. The minimum absolute atomic E-state index is 0.331. The predicted molar refractivity (Wildman–Crippen MR) is 309 cm³/mol. The van der Waals surface area contributed by atoms with Crippen molar-refractivity contribution in [2.24, 2.45) is 0 Å². The molecule has 3 heterocycles. The van der Waals surface area contributed by atoms with Crippen molar-refractivity contribution in [1.82, 2.24) is 14.1 Å². The van der Waals surface area contributed by atoms with Crippen LogP contribution in [-0.2, 0) is 0 Å². The van der Waals surface area contributed by atoms with Crippen LogP contribution in [0.5, 0.6) is 0 Å². The van der Waals surface area contributed by atoms with Crippen LogP contribution in [0.25, 0.3) is 130 Å². The van der Waals surface area contributed by atoms with E-state index < -0.39 is 0 Å². The van der Waals surface area contributed by atoms with E-state index in [0.29, 0.717) is 84.3 Å². The Hall–Kier alpha value is -12.9. The molecule has 12 rings (SSSR count). The molecule has 0 atom stereocenters. The summed E-state index contributed by atoms with van der Waals surface area (Å²) in [7, 11) is 0. The van der Waals surface area contributed by atoms with Gasteiger partial charge in [0.15, 0.2) is 22.7 Å². The van der Waals surface area contributed by atoms with E-state index in [9.17, 15) is 26.3 Å². The van der Waals surface area contributed by atoms with E-state index in [0.717, 1.165) is 77.0 Å². The third kappa shape index (κ3) is 8.26. The fourth-order valence-electron chi connectivity index (χ4n) is 10.6. The Morgan fingerprint density at radius 1 is 0.325 bits per heavy atom. The Balaban J connectivity index is 1.13. The van der Waals surface area contributed by atoms with Gasteiger partial charge in [-0.2, -0.15) is 26.3 Å². The molecule has 0 aliphatic rings. The van der Waals surface area contributed by atoms with Crippen LogP contribution in [0.4, 0.5) is 22.7 Å². The summed E-state index contributed by atoms with van der Waals surface area (Å²) in [4.78, 5) is 19.9. The molecule has 9 aromatic carbocycles. The van der Waals surface area contributed by atoms with Gasteiger partial charge in [-0.25, -0.2) is 24.4 Å². The Kier molecular flexibility index (Phi) is 11.7. The van der Waals surface area contributed by atoms with Crippen LogP contribution in [-0.4, -0.2) is 14.1 Å². The molecule has 3 aromatic heterocycles. The van der Waals surface area contributed by atoms with Crippen molar-refractivity contribution >= 4 is 66.4 Å². The Bertz CT molecular complexity index is 4750. The molecule has 12 nitrogen and oxygen atoms in total. The molecule has 12 heteroatoms. The van der Waals surface area contributed by atoms with Gasteiger partial charge in [0.05, 0.1) is 96.1 Å². The lowest BCUT2D eigenvalue weighted by molar-refractivity contribution is 1.06. The van der Waals surface area contributed by atoms with Gasteiger partial charge >= 0.3 is 0 Å². The Morgan fingerprint density at radius 2 is 0.662 bits per heavy atom. The number of pyridine rings is 1. The van der Waals surface area contributed by atoms with Crippen molar-refractivity contribution in [2.75, 3.05) is 0 Å². The lowest BCUT2D eigenvalue weighted by Gasteiger charge is -2.17. The maximum absolute atomic E-state index is 10.3. The summed E-state index contributed by atoms with van der Waals surface area (Å²) >= 11 is 0. The quantitative estimate of drug-likeness (QED) is 0.145. The summed E-state index contributed by atoms with van der Waals surface area (Å²) < 4.78 is 4.19. The molecular weight excluding hydrogens is 985 g/mol. The van der Waals surface area contributed by atoms with Gasteiger partial charge < -0.3 is 4.57 Å². The molecular formula is C68H30N12. The van der Waals surface area contributed by atoms with E-state index in [1.165, 1.54) is 0 Å². The van der Waals surface area contributed by atoms with Crippen molar-refractivity contribution in [3.63, 3.8) is 0 Å². The molecule has 0 radical (unpaired) electrons. The molecule has 0 bridgehead atoms. The van der Waals surface area contributed by atoms with E-state index in [-0.39, 0.29) is 0 Å². The fourth-order valence-corrected chi connectivity index (χ4v) is 10.6. The number of rotatable bonds is 7. The number of nitriles is 5. The van der Waals surface area contributed by atoms with E-state index in [1.54, 1.807) is 78.9 Å². The second-order valence-corrected chi connectivity index (χ2v) is 18.8. The van der Waals surface area contributed by atoms with Gasteiger partial charge in [0.2, 0.25) is 0 Å². The second kappa shape index (κ2) is 19.4. The minimum atomic E-state index is 0.331. The largest absolute Gasteiger partial charge is 0.307 e. The lowest BCUT2D eigenvalue weighted by atomic mass is 9.98. The summed E-state index contributed by atoms with van der Waals surface area (Å²) in [5.74, 6) is 0.543. The van der Waals surface area contributed by atoms with Gasteiger partial charge in [-0.1, -0.05) is 36.4 Å². The molecule has 12 aromatic rings. The molecule has 0 spiro atoms. The normalized spacial score (nSPS) is 10.6. The zero-order chi connectivity index (χ0) is 55.2. The summed E-state index contributed by atoms with van der Waals surface area (Å²) in [6, 6.07) is 64.7. The molecule has 0 saturated heterocycles. The molecule has 0 saturated carbocycles. The van der Waals surface area contributed by atoms with Crippen molar-refractivity contribution in [1.29, 1.82) is 26.3 Å². The fraction of sp³-hybridized carbons (Fsp3) is 0. The Labute approximate surface area is 457 Å². The van der Waals surface area contributed by atoms with Crippen LogP contribution in [0.1, 0.15) is 27.8 Å². The highest BCUT2D eigenvalue weighted by Gasteiger charge is 2.23. The van der Waals surface area contributed by atoms with Crippen LogP contribution in [0.15, 0.2) is 182 Å². The van der Waals surface area contributed by atoms with Crippen LogP contribution in [0.2, 0.25) is 0 Å². The third-order valence-corrected chi connectivity index (χ3v) is 14.2. The molecule has 0 unspecified atom stereocenters. The molecule has 0 aliphatic heterocycles. The first-order valence-corrected chi connectivity index (χ1v) is 24.5. The average molecular weight is 1020 g/mol. The summed E-state index contributed by atoms with van der Waals surface area (Å²) in [6.07, 6.45) is 1.82. The van der Waals surface area contributed by atoms with Crippen molar-refractivity contribution < 1.29 is 0 Å². The SMILES string of the molecule is [C-]#[N+]c1cc(C#N)cc(-c2ccc3c(c2)c2cc(-c4cc(C#N)cc([N+]#[C-])c4)ccc2n3-c2cc(-c3cccc(C#N)c3)c(-n3c4ccc(-c5cc(C#N)cc([N+]#[C-])c5)cc4c4cc(-c5cc(C#N)cc([N+]#[C-])c5)ccc43)cn2)c1. The zero-order valence-corrected chi connectivity index (χ0v) is 41.7. The maximum Gasteiger partial charge on any atom is 0.189 e. The molecule has 80 heavy (non-hydrogen) atoms. The molecule has 0 N–H and O–H groups in total. The number of nitrogens with zero attached hydrogens (tertiary/aromatic N) is 12. The first kappa shape index (κ1) is 48.1. The van der Waals surface area contributed by atoms with Gasteiger partial charge in [0, 0.05) is 49.4 Å². The molecule has 0 amide bonds. The number of hydrogen-bond acceptors (Lipinski definition) is 6. The number of hydrogen-bond donors (Lipinski definition) is 0. The third-order valence-electron chi connectivity index (χ3n) is 14.2. The number of benzene rings is 9. The van der Waals surface area contributed by atoms with E-state index in [2.05, 4.69) is 58.9 Å². The van der Waals surface area contributed by atoms with E-state index in [4.69, 9.17) is 31.3 Å². The van der Waals surface area contributed by atoms with Crippen molar-refractivity contribution in [2.45, 2.75) is 0 Å². The van der Waals surface area contributed by atoms with Gasteiger partial charge in [0.25, 0.3) is 0 Å². The molecule has 0 fully saturated rings. The van der Waals surface area contributed by atoms with Gasteiger partial charge in [-0.3, -0.25) is 4.57 Å². The van der Waals surface area contributed by atoms with Gasteiger partial charge in [-0.05, 0) is 190 Å². The summed E-state index contributed by atoms with van der Waals surface area (Å²) in [5, 5.41) is 53.3. The van der Waals surface area contributed by atoms with Crippen LogP contribution >= 0.6 is 0 Å². The summed E-state index contributed by atoms with van der Waals surface area (Å²) in [6.45, 7) is 31.1. The predicted octanol–water partition coefficient (Wildman–Crippen LogP) is 17.2. The highest BCUT2D eigenvalue weighted by molar-refractivity contribution is 6.13. The Morgan fingerprint density at radius 3 is 1.00 bits per heavy atom. The van der Waals surface area contributed by atoms with Gasteiger partial charge in [0.1, 0.15) is 5.82 Å². The first-order chi connectivity index (χ1) is 39.1. The van der Waals surface area contributed by atoms with E-state index >= 15 is 0 Å². The topological polar surface area (TPSA) is 159 Å². The van der Waals surface area contributed by atoms with Crippen molar-refractivity contribution in [3.8, 4) is 97.5 Å². The summed E-state index contributed by atoms with van der Waals surface area (Å²) in [5.41, 5.74) is 14.3. The number of aromatic nitrogens is 3. The standard InChI is InChI=1S/C68H30N12/c1-74-54-21-41(35-70)17-50(25-54)45-8-12-63-59(29-45)60-30-46(51-18-42(36-71)22-55(26-51)75-2)9-13-64(60)79(63)67-39-78-68(33-58(67)49-7-5-6-40(16-49)34-69)80-65-14-10-47(52-19-43(37-72)23-56(27-52)76-3)31-61(65)62-32-48(11-15-66(62)80)53-20-44(38-73)24-57(28-53)77-4/h5-33,39H. The first-order valence-electron chi connectivity index (χ1n) is 24.5. The maximum atomic E-state index is 10.3. The average Bonchev–Trinajstić information content (AvgIpc) is 4.07. The number of fused-ring (bicyclic) bond motifs is 6. The molecule has 362 valence electrons. The van der Waals surface area contributed by atoms with Crippen LogP contribution in [0.3, 0.4) is 0 Å². The van der Waals surface area contributed by atoms with Gasteiger partial charge in [-0.15, -0.1) is 0 Å². The smallest absolute Gasteiger partial charge is 0.189 e. The zero-order valence-electron chi connectivity index (χ0n) is 41.7. The highest BCUT2D eigenvalue weighted by atomic mass is 15.1. The van der Waals surface area contributed by atoms with Crippen LogP contribution in [0, 0.1) is 82.9 Å². The lowest BCUT2D eigenvalue weighted by Crippen LogP contribution is -2.03. The highest BCUT2D eigenvalue weighted by Crippen LogP contribution is 2.43. The minimum Gasteiger partial charge on any atom is -0.307 e. The monoisotopic (exact) mass is 1010 g/mol.